The number of Topliss-reactive ketones (excluding diaryl/α,β-unsaturated/α-hetero) is 1. The van der Waals surface area contributed by atoms with Gasteiger partial charge in [-0.2, -0.15) is 24.9 Å². The highest BCUT2D eigenvalue weighted by Gasteiger charge is 2.30. The topological polar surface area (TPSA) is 17.1 Å². The summed E-state index contributed by atoms with van der Waals surface area (Å²) in [6.07, 6.45) is -2.14. The normalized spacial score (nSPS) is 20.1. The fourth-order valence-corrected chi connectivity index (χ4v) is 3.18. The minimum absolute atomic E-state index is 0.0345. The van der Waals surface area contributed by atoms with Crippen LogP contribution in [0.15, 0.2) is 24.3 Å². The van der Waals surface area contributed by atoms with E-state index in [2.05, 4.69) is 0 Å². The predicted molar refractivity (Wildman–Crippen MR) is 65.6 cm³/mol. The van der Waals surface area contributed by atoms with E-state index >= 15 is 0 Å². The summed E-state index contributed by atoms with van der Waals surface area (Å²) in [5.74, 6) is 1.13. The molecule has 2 rings (SSSR count). The molecule has 0 bridgehead atoms. The molecule has 0 radical (unpaired) electrons. The Morgan fingerprint density at radius 3 is 2.44 bits per heavy atom. The number of alkyl halides is 3. The van der Waals surface area contributed by atoms with Crippen LogP contribution in [0.1, 0.15) is 24.0 Å². The maximum atomic E-state index is 12.4. The van der Waals surface area contributed by atoms with Crippen molar-refractivity contribution in [2.24, 2.45) is 0 Å². The van der Waals surface area contributed by atoms with Crippen LogP contribution >= 0.6 is 11.8 Å². The number of benzene rings is 1. The largest absolute Gasteiger partial charge is 0.416 e. The van der Waals surface area contributed by atoms with E-state index in [1.807, 2.05) is 0 Å². The zero-order valence-electron chi connectivity index (χ0n) is 9.67. The molecular formula is C13H13F3OS. The Labute approximate surface area is 108 Å². The summed E-state index contributed by atoms with van der Waals surface area (Å²) in [7, 11) is 0. The number of hydrogen-bond donors (Lipinski definition) is 0. The van der Waals surface area contributed by atoms with Crippen molar-refractivity contribution in [2.75, 3.05) is 5.75 Å². The highest BCUT2D eigenvalue weighted by Crippen LogP contribution is 2.30. The second-order valence-corrected chi connectivity index (χ2v) is 5.65. The SMILES string of the molecule is O=C(Cc1ccc(C(F)(F)F)cc1)C1CCCS1. The van der Waals surface area contributed by atoms with Gasteiger partial charge in [-0.15, -0.1) is 0 Å². The first kappa shape index (κ1) is 13.5. The number of ketones is 1. The Hall–Kier alpha value is -0.970. The lowest BCUT2D eigenvalue weighted by molar-refractivity contribution is -0.137. The Morgan fingerprint density at radius 1 is 1.28 bits per heavy atom. The van der Waals surface area contributed by atoms with Gasteiger partial charge in [0, 0.05) is 6.42 Å². The lowest BCUT2D eigenvalue weighted by Crippen LogP contribution is -2.16. The molecule has 1 saturated heterocycles. The average Bonchev–Trinajstić information content (AvgIpc) is 2.82. The van der Waals surface area contributed by atoms with Gasteiger partial charge in [0.2, 0.25) is 0 Å². The molecule has 1 heterocycles. The molecule has 1 aliphatic heterocycles. The smallest absolute Gasteiger partial charge is 0.298 e. The fraction of sp³-hybridized carbons (Fsp3) is 0.462. The van der Waals surface area contributed by atoms with Crippen molar-refractivity contribution in [3.05, 3.63) is 35.4 Å². The van der Waals surface area contributed by atoms with Crippen LogP contribution in [0.25, 0.3) is 0 Å². The summed E-state index contributed by atoms with van der Waals surface area (Å²) < 4.78 is 37.1. The van der Waals surface area contributed by atoms with Gasteiger partial charge in [-0.25, -0.2) is 0 Å². The van der Waals surface area contributed by atoms with E-state index in [0.29, 0.717) is 5.56 Å². The molecule has 0 aliphatic carbocycles. The number of thioether (sulfide) groups is 1. The molecule has 98 valence electrons. The van der Waals surface area contributed by atoms with Crippen LogP contribution in [0, 0.1) is 0 Å². The molecule has 1 fully saturated rings. The molecule has 1 aromatic carbocycles. The van der Waals surface area contributed by atoms with Crippen LogP contribution in [0.2, 0.25) is 0 Å². The quantitative estimate of drug-likeness (QED) is 0.835. The van der Waals surface area contributed by atoms with Crippen LogP contribution in [-0.4, -0.2) is 16.8 Å². The van der Waals surface area contributed by atoms with E-state index in [1.54, 1.807) is 11.8 Å². The third kappa shape index (κ3) is 3.28. The second kappa shape index (κ2) is 5.34. The summed E-state index contributed by atoms with van der Waals surface area (Å²) in [6.45, 7) is 0. The molecule has 0 amide bonds. The number of hydrogen-bond acceptors (Lipinski definition) is 2. The highest BCUT2D eigenvalue weighted by atomic mass is 32.2. The molecule has 0 saturated carbocycles. The van der Waals surface area contributed by atoms with Crippen molar-refractivity contribution in [1.29, 1.82) is 0 Å². The van der Waals surface area contributed by atoms with Gasteiger partial charge in [0.25, 0.3) is 0 Å². The summed E-state index contributed by atoms with van der Waals surface area (Å²) >= 11 is 1.65. The molecule has 0 N–H and O–H groups in total. The standard InChI is InChI=1S/C13H13F3OS/c14-13(15,16)10-5-3-9(4-6-10)8-11(17)12-2-1-7-18-12/h3-6,12H,1-2,7-8H2. The van der Waals surface area contributed by atoms with Crippen molar-refractivity contribution < 1.29 is 18.0 Å². The van der Waals surface area contributed by atoms with Crippen molar-refractivity contribution in [3.8, 4) is 0 Å². The third-order valence-electron chi connectivity index (χ3n) is 2.95. The molecular weight excluding hydrogens is 261 g/mol. The highest BCUT2D eigenvalue weighted by molar-refractivity contribution is 8.00. The Morgan fingerprint density at radius 2 is 1.94 bits per heavy atom. The molecule has 1 aliphatic rings. The minimum Gasteiger partial charge on any atom is -0.298 e. The molecule has 0 spiro atoms. The van der Waals surface area contributed by atoms with Crippen LogP contribution < -0.4 is 0 Å². The zero-order valence-corrected chi connectivity index (χ0v) is 10.5. The van der Waals surface area contributed by atoms with Crippen LogP contribution in [-0.2, 0) is 17.4 Å². The first-order valence-corrected chi connectivity index (χ1v) is 6.82. The fourth-order valence-electron chi connectivity index (χ4n) is 1.96. The number of carbonyl (C=O) groups is 1. The predicted octanol–water partition coefficient (Wildman–Crippen LogP) is 3.71. The maximum absolute atomic E-state index is 12.4. The molecule has 1 aromatic rings. The first-order valence-electron chi connectivity index (χ1n) is 5.77. The number of rotatable bonds is 3. The zero-order chi connectivity index (χ0) is 13.2. The van der Waals surface area contributed by atoms with Crippen molar-refractivity contribution in [2.45, 2.75) is 30.7 Å². The minimum atomic E-state index is -4.32. The number of carbonyl (C=O) groups excluding carboxylic acids is 1. The Kier molecular flexibility index (Phi) is 4.00. The van der Waals surface area contributed by atoms with E-state index in [-0.39, 0.29) is 17.5 Å². The van der Waals surface area contributed by atoms with Gasteiger partial charge in [-0.3, -0.25) is 4.79 Å². The van der Waals surface area contributed by atoms with Gasteiger partial charge in [0.1, 0.15) is 5.78 Å². The third-order valence-corrected chi connectivity index (χ3v) is 4.37. The van der Waals surface area contributed by atoms with Crippen molar-refractivity contribution in [3.63, 3.8) is 0 Å². The van der Waals surface area contributed by atoms with Gasteiger partial charge in [-0.05, 0) is 36.3 Å². The van der Waals surface area contributed by atoms with Gasteiger partial charge in [0.15, 0.2) is 0 Å². The van der Waals surface area contributed by atoms with Gasteiger partial charge in [0.05, 0.1) is 10.8 Å². The molecule has 1 nitrogen and oxygen atoms in total. The van der Waals surface area contributed by atoms with Crippen LogP contribution in [0.4, 0.5) is 13.2 Å². The summed E-state index contributed by atoms with van der Waals surface area (Å²) in [5.41, 5.74) is -0.0190. The van der Waals surface area contributed by atoms with E-state index in [9.17, 15) is 18.0 Å². The summed E-state index contributed by atoms with van der Waals surface area (Å²) in [5, 5.41) is 0.0345. The summed E-state index contributed by atoms with van der Waals surface area (Å²) in [6, 6.07) is 4.84. The van der Waals surface area contributed by atoms with Gasteiger partial charge in [-0.1, -0.05) is 12.1 Å². The molecule has 0 aromatic heterocycles. The molecule has 1 atom stereocenters. The van der Waals surface area contributed by atoms with Crippen molar-refractivity contribution in [1.82, 2.24) is 0 Å². The monoisotopic (exact) mass is 274 g/mol. The summed E-state index contributed by atoms with van der Waals surface area (Å²) in [4.78, 5) is 11.9. The average molecular weight is 274 g/mol. The molecule has 5 heteroatoms. The lowest BCUT2D eigenvalue weighted by atomic mass is 10.0. The first-order chi connectivity index (χ1) is 8.47. The maximum Gasteiger partial charge on any atom is 0.416 e. The van der Waals surface area contributed by atoms with E-state index in [0.717, 1.165) is 30.7 Å². The van der Waals surface area contributed by atoms with Gasteiger partial charge < -0.3 is 0 Å². The van der Waals surface area contributed by atoms with E-state index < -0.39 is 11.7 Å². The van der Waals surface area contributed by atoms with E-state index in [1.165, 1.54) is 12.1 Å². The van der Waals surface area contributed by atoms with Crippen LogP contribution in [0.3, 0.4) is 0 Å². The second-order valence-electron chi connectivity index (χ2n) is 4.34. The Bertz CT molecular complexity index is 419. The van der Waals surface area contributed by atoms with E-state index in [4.69, 9.17) is 0 Å². The number of halogens is 3. The Balaban J connectivity index is 2.00. The molecule has 1 unspecified atom stereocenters. The lowest BCUT2D eigenvalue weighted by Gasteiger charge is -2.09. The van der Waals surface area contributed by atoms with Crippen LogP contribution in [0.5, 0.6) is 0 Å². The van der Waals surface area contributed by atoms with Gasteiger partial charge >= 0.3 is 6.18 Å². The molecule has 18 heavy (non-hydrogen) atoms. The van der Waals surface area contributed by atoms with Crippen molar-refractivity contribution >= 4 is 17.5 Å².